The number of nitrogens with zero attached hydrogens (tertiary/aromatic N) is 3. The highest BCUT2D eigenvalue weighted by molar-refractivity contribution is 5.83. The van der Waals surface area contributed by atoms with Crippen molar-refractivity contribution in [1.29, 1.82) is 0 Å². The Balaban J connectivity index is 1.85. The van der Waals surface area contributed by atoms with Crippen LogP contribution < -0.4 is 4.74 Å². The Bertz CT molecular complexity index is 979. The van der Waals surface area contributed by atoms with Gasteiger partial charge >= 0.3 is 5.97 Å². The van der Waals surface area contributed by atoms with E-state index < -0.39 is 12.1 Å². The molecule has 3 rings (SSSR count). The lowest BCUT2D eigenvalue weighted by atomic mass is 9.92. The molecule has 6 nitrogen and oxygen atoms in total. The number of aromatic nitrogens is 3. The van der Waals surface area contributed by atoms with Gasteiger partial charge in [0.15, 0.2) is 0 Å². The van der Waals surface area contributed by atoms with E-state index in [1.165, 1.54) is 11.2 Å². The van der Waals surface area contributed by atoms with Crippen LogP contribution in [0.3, 0.4) is 0 Å². The number of rotatable bonds is 10. The van der Waals surface area contributed by atoms with Crippen LogP contribution in [0.1, 0.15) is 45.1 Å². The summed E-state index contributed by atoms with van der Waals surface area (Å²) >= 11 is 0. The molecule has 0 saturated carbocycles. The molecule has 1 aromatic heterocycles. The van der Waals surface area contributed by atoms with Crippen LogP contribution in [0.4, 0.5) is 0 Å². The largest absolute Gasteiger partial charge is 0.423 e. The fraction of sp³-hybridized carbons (Fsp3) is 0.375. The molecule has 6 heteroatoms. The van der Waals surface area contributed by atoms with E-state index in [0.29, 0.717) is 17.9 Å². The van der Waals surface area contributed by atoms with Crippen molar-refractivity contribution in [3.63, 3.8) is 0 Å². The third kappa shape index (κ3) is 5.33. The van der Waals surface area contributed by atoms with Gasteiger partial charge < -0.3 is 9.84 Å². The number of carbonyl (C=O) groups is 1. The Morgan fingerprint density at radius 1 is 1.20 bits per heavy atom. The second-order valence-corrected chi connectivity index (χ2v) is 7.64. The van der Waals surface area contributed by atoms with Gasteiger partial charge in [-0.2, -0.15) is 4.80 Å². The standard InChI is InChI=1S/C24H29N3O3/c1-4-6-7-10-17(3)22(28)15-18-13-14-19(16-23(18)30-24(29)5-2)27-25-20-11-8-9-12-21(20)26-27/h5,8-9,11-14,16-17,22,28H,2,4,6-7,10,15H2,1,3H3. The number of aliphatic hydroxyl groups is 1. The van der Waals surface area contributed by atoms with Crippen molar-refractivity contribution in [2.24, 2.45) is 5.92 Å². The van der Waals surface area contributed by atoms with Crippen LogP contribution in [0.25, 0.3) is 16.7 Å². The summed E-state index contributed by atoms with van der Waals surface area (Å²) in [5, 5.41) is 19.6. The van der Waals surface area contributed by atoms with E-state index in [-0.39, 0.29) is 5.92 Å². The Hall–Kier alpha value is -2.99. The molecule has 0 saturated heterocycles. The van der Waals surface area contributed by atoms with Gasteiger partial charge in [-0.25, -0.2) is 4.79 Å². The Labute approximate surface area is 177 Å². The summed E-state index contributed by atoms with van der Waals surface area (Å²) in [6.07, 6.45) is 5.41. The SMILES string of the molecule is C=CC(=O)Oc1cc(-n2nc3ccccc3n2)ccc1CC(O)C(C)CCCCC. The van der Waals surface area contributed by atoms with E-state index in [1.54, 1.807) is 6.07 Å². The first-order chi connectivity index (χ1) is 14.5. The predicted molar refractivity (Wildman–Crippen MR) is 118 cm³/mol. The normalized spacial score (nSPS) is 13.2. The van der Waals surface area contributed by atoms with Gasteiger partial charge in [-0.05, 0) is 36.1 Å². The van der Waals surface area contributed by atoms with Crippen molar-refractivity contribution in [2.45, 2.75) is 52.1 Å². The highest BCUT2D eigenvalue weighted by Gasteiger charge is 2.19. The molecule has 0 aliphatic carbocycles. The number of esters is 1. The van der Waals surface area contributed by atoms with Gasteiger partial charge in [-0.15, -0.1) is 10.2 Å². The van der Waals surface area contributed by atoms with Gasteiger partial charge in [0.05, 0.1) is 11.8 Å². The molecule has 0 radical (unpaired) electrons. The van der Waals surface area contributed by atoms with Gasteiger partial charge in [0.1, 0.15) is 16.8 Å². The number of ether oxygens (including phenoxy) is 1. The maximum atomic E-state index is 11.9. The zero-order valence-corrected chi connectivity index (χ0v) is 17.6. The molecule has 2 aromatic carbocycles. The molecular formula is C24H29N3O3. The van der Waals surface area contributed by atoms with Crippen LogP contribution in [0.5, 0.6) is 5.75 Å². The number of benzene rings is 2. The molecule has 158 valence electrons. The fourth-order valence-electron chi connectivity index (χ4n) is 3.39. The van der Waals surface area contributed by atoms with Crippen molar-refractivity contribution in [3.8, 4) is 11.4 Å². The molecule has 0 bridgehead atoms. The molecule has 30 heavy (non-hydrogen) atoms. The average Bonchev–Trinajstić information content (AvgIpc) is 3.19. The number of fused-ring (bicyclic) bond motifs is 1. The van der Waals surface area contributed by atoms with Crippen LogP contribution in [0.2, 0.25) is 0 Å². The molecule has 0 fully saturated rings. The summed E-state index contributed by atoms with van der Waals surface area (Å²) in [6, 6.07) is 13.1. The maximum Gasteiger partial charge on any atom is 0.335 e. The van der Waals surface area contributed by atoms with Crippen LogP contribution in [0.15, 0.2) is 55.1 Å². The summed E-state index contributed by atoms with van der Waals surface area (Å²) in [6.45, 7) is 7.70. The first kappa shape index (κ1) is 21.7. The molecule has 2 unspecified atom stereocenters. The number of hydrogen-bond donors (Lipinski definition) is 1. The molecule has 1 heterocycles. The number of aliphatic hydroxyl groups excluding tert-OH is 1. The van der Waals surface area contributed by atoms with E-state index in [1.807, 2.05) is 36.4 Å². The zero-order valence-electron chi connectivity index (χ0n) is 17.6. The van der Waals surface area contributed by atoms with Crippen LogP contribution >= 0.6 is 0 Å². The van der Waals surface area contributed by atoms with Crippen molar-refractivity contribution in [2.75, 3.05) is 0 Å². The molecule has 0 aliphatic heterocycles. The average molecular weight is 408 g/mol. The van der Waals surface area contributed by atoms with Crippen LogP contribution in [-0.2, 0) is 11.2 Å². The van der Waals surface area contributed by atoms with Crippen molar-refractivity contribution in [1.82, 2.24) is 15.0 Å². The fourth-order valence-corrected chi connectivity index (χ4v) is 3.39. The molecule has 0 aliphatic rings. The lowest BCUT2D eigenvalue weighted by Crippen LogP contribution is -2.21. The summed E-state index contributed by atoms with van der Waals surface area (Å²) < 4.78 is 5.47. The molecule has 0 amide bonds. The van der Waals surface area contributed by atoms with Gasteiger partial charge in [-0.3, -0.25) is 0 Å². The second-order valence-electron chi connectivity index (χ2n) is 7.64. The molecule has 3 aromatic rings. The minimum Gasteiger partial charge on any atom is -0.423 e. The number of carbonyl (C=O) groups excluding carboxylic acids is 1. The van der Waals surface area contributed by atoms with Gasteiger partial charge in [0.2, 0.25) is 0 Å². The van der Waals surface area contributed by atoms with Crippen LogP contribution in [-0.4, -0.2) is 32.2 Å². The number of hydrogen-bond acceptors (Lipinski definition) is 5. The van der Waals surface area contributed by atoms with Gasteiger partial charge in [0.25, 0.3) is 0 Å². The highest BCUT2D eigenvalue weighted by atomic mass is 16.5. The molecule has 1 N–H and O–H groups in total. The van der Waals surface area contributed by atoms with E-state index in [9.17, 15) is 9.90 Å². The van der Waals surface area contributed by atoms with Crippen molar-refractivity contribution >= 4 is 17.0 Å². The van der Waals surface area contributed by atoms with Crippen molar-refractivity contribution in [3.05, 3.63) is 60.7 Å². The van der Waals surface area contributed by atoms with E-state index in [0.717, 1.165) is 41.9 Å². The summed E-state index contributed by atoms with van der Waals surface area (Å²) in [7, 11) is 0. The Morgan fingerprint density at radius 3 is 2.53 bits per heavy atom. The molecule has 0 spiro atoms. The van der Waals surface area contributed by atoms with Gasteiger partial charge in [0, 0.05) is 18.6 Å². The first-order valence-corrected chi connectivity index (χ1v) is 10.5. The topological polar surface area (TPSA) is 77.2 Å². The van der Waals surface area contributed by atoms with E-state index >= 15 is 0 Å². The molecule has 2 atom stereocenters. The smallest absolute Gasteiger partial charge is 0.335 e. The lowest BCUT2D eigenvalue weighted by molar-refractivity contribution is -0.129. The number of unbranched alkanes of at least 4 members (excludes halogenated alkanes) is 2. The third-order valence-electron chi connectivity index (χ3n) is 5.29. The monoisotopic (exact) mass is 407 g/mol. The molecular weight excluding hydrogens is 378 g/mol. The summed E-state index contributed by atoms with van der Waals surface area (Å²) in [5.74, 6) is 0.00768. The van der Waals surface area contributed by atoms with Gasteiger partial charge in [-0.1, -0.05) is 57.9 Å². The Morgan fingerprint density at radius 2 is 1.90 bits per heavy atom. The lowest BCUT2D eigenvalue weighted by Gasteiger charge is -2.20. The zero-order chi connectivity index (χ0) is 21.5. The summed E-state index contributed by atoms with van der Waals surface area (Å²) in [5.41, 5.74) is 3.00. The highest BCUT2D eigenvalue weighted by Crippen LogP contribution is 2.27. The minimum atomic E-state index is -0.544. The van der Waals surface area contributed by atoms with Crippen molar-refractivity contribution < 1.29 is 14.6 Å². The minimum absolute atomic E-state index is 0.164. The third-order valence-corrected chi connectivity index (χ3v) is 5.29. The first-order valence-electron chi connectivity index (χ1n) is 10.5. The Kier molecular flexibility index (Phi) is 7.36. The van der Waals surface area contributed by atoms with E-state index in [4.69, 9.17) is 4.74 Å². The predicted octanol–water partition coefficient (Wildman–Crippen LogP) is 4.63. The maximum absolute atomic E-state index is 11.9. The van der Waals surface area contributed by atoms with Crippen LogP contribution in [0, 0.1) is 5.92 Å². The second kappa shape index (κ2) is 10.2. The van der Waals surface area contributed by atoms with E-state index in [2.05, 4.69) is 30.6 Å². The summed E-state index contributed by atoms with van der Waals surface area (Å²) in [4.78, 5) is 13.4. The quantitative estimate of drug-likeness (QED) is 0.229.